The monoisotopic (exact) mass is 311 g/mol. The van der Waals surface area contributed by atoms with Crippen LogP contribution in [0.15, 0.2) is 36.4 Å². The maximum Gasteiger partial charge on any atom is 0.123 e. The van der Waals surface area contributed by atoms with Crippen LogP contribution in [0.2, 0.25) is 10.0 Å². The van der Waals surface area contributed by atoms with Crippen molar-refractivity contribution in [1.82, 2.24) is 5.32 Å². The van der Waals surface area contributed by atoms with E-state index >= 15 is 0 Å². The number of aryl methyl sites for hydroxylation is 1. The predicted molar refractivity (Wildman–Crippen MR) is 83.1 cm³/mol. The summed E-state index contributed by atoms with van der Waals surface area (Å²) in [5.74, 6) is -0.249. The SMILES string of the molecule is CCNC(c1cc(C)cc(F)c1)c1cccc(Cl)c1Cl. The number of benzene rings is 2. The third kappa shape index (κ3) is 3.32. The van der Waals surface area contributed by atoms with Gasteiger partial charge in [-0.25, -0.2) is 4.39 Å². The average Bonchev–Trinajstić information content (AvgIpc) is 2.38. The molecule has 0 heterocycles. The molecule has 2 rings (SSSR count). The smallest absolute Gasteiger partial charge is 0.123 e. The van der Waals surface area contributed by atoms with Gasteiger partial charge in [0.15, 0.2) is 0 Å². The summed E-state index contributed by atoms with van der Waals surface area (Å²) < 4.78 is 13.6. The van der Waals surface area contributed by atoms with Crippen molar-refractivity contribution in [2.75, 3.05) is 6.54 Å². The molecule has 1 N–H and O–H groups in total. The standard InChI is InChI=1S/C16H16Cl2FN/c1-3-20-16(11-7-10(2)8-12(19)9-11)13-5-4-6-14(17)15(13)18/h4-9,16,20H,3H2,1-2H3. The summed E-state index contributed by atoms with van der Waals surface area (Å²) in [6.07, 6.45) is 0. The maximum atomic E-state index is 13.6. The molecule has 1 atom stereocenters. The summed E-state index contributed by atoms with van der Waals surface area (Å²) in [6, 6.07) is 10.3. The van der Waals surface area contributed by atoms with Crippen LogP contribution >= 0.6 is 23.2 Å². The predicted octanol–water partition coefficient (Wildman–Crippen LogP) is 5.14. The molecule has 0 spiro atoms. The molecule has 0 aliphatic rings. The van der Waals surface area contributed by atoms with Crippen molar-refractivity contribution in [1.29, 1.82) is 0 Å². The first-order valence-electron chi connectivity index (χ1n) is 6.47. The Balaban J connectivity index is 2.53. The molecule has 4 heteroatoms. The highest BCUT2D eigenvalue weighted by Crippen LogP contribution is 2.33. The number of halogens is 3. The Kier molecular flexibility index (Phi) is 5.03. The molecule has 0 radical (unpaired) electrons. The van der Waals surface area contributed by atoms with Crippen molar-refractivity contribution in [2.24, 2.45) is 0 Å². The topological polar surface area (TPSA) is 12.0 Å². The van der Waals surface area contributed by atoms with Crippen molar-refractivity contribution in [3.63, 3.8) is 0 Å². The van der Waals surface area contributed by atoms with Crippen LogP contribution in [0.5, 0.6) is 0 Å². The molecule has 0 saturated carbocycles. The first-order chi connectivity index (χ1) is 9.52. The minimum atomic E-state index is -0.249. The van der Waals surface area contributed by atoms with Crippen LogP contribution in [-0.2, 0) is 0 Å². The summed E-state index contributed by atoms with van der Waals surface area (Å²) in [5.41, 5.74) is 2.57. The largest absolute Gasteiger partial charge is 0.306 e. The molecule has 106 valence electrons. The van der Waals surface area contributed by atoms with Gasteiger partial charge in [0.2, 0.25) is 0 Å². The van der Waals surface area contributed by atoms with E-state index in [1.807, 2.05) is 32.0 Å². The zero-order valence-corrected chi connectivity index (χ0v) is 12.9. The van der Waals surface area contributed by atoms with Gasteiger partial charge in [0, 0.05) is 0 Å². The second-order valence-electron chi connectivity index (χ2n) is 4.70. The first kappa shape index (κ1) is 15.3. The van der Waals surface area contributed by atoms with E-state index in [0.29, 0.717) is 10.0 Å². The Morgan fingerprint density at radius 3 is 2.60 bits per heavy atom. The number of nitrogens with one attached hydrogen (secondary N) is 1. The van der Waals surface area contributed by atoms with Gasteiger partial charge in [0.05, 0.1) is 16.1 Å². The van der Waals surface area contributed by atoms with E-state index < -0.39 is 0 Å². The number of rotatable bonds is 4. The van der Waals surface area contributed by atoms with E-state index in [2.05, 4.69) is 5.32 Å². The molecule has 0 amide bonds. The van der Waals surface area contributed by atoms with Gasteiger partial charge in [0.1, 0.15) is 5.82 Å². The molecule has 2 aromatic rings. The average molecular weight is 312 g/mol. The summed E-state index contributed by atoms with van der Waals surface area (Å²) in [6.45, 7) is 4.61. The van der Waals surface area contributed by atoms with Crippen LogP contribution < -0.4 is 5.32 Å². The molecule has 0 fully saturated rings. The van der Waals surface area contributed by atoms with Crippen LogP contribution in [0.3, 0.4) is 0 Å². The van der Waals surface area contributed by atoms with Gasteiger partial charge in [-0.1, -0.05) is 48.3 Å². The summed E-state index contributed by atoms with van der Waals surface area (Å²) >= 11 is 12.4. The van der Waals surface area contributed by atoms with Crippen LogP contribution in [0.1, 0.15) is 29.7 Å². The summed E-state index contributed by atoms with van der Waals surface area (Å²) in [5, 5.41) is 4.33. The molecule has 0 saturated heterocycles. The van der Waals surface area contributed by atoms with Crippen LogP contribution in [-0.4, -0.2) is 6.54 Å². The minimum absolute atomic E-state index is 0.180. The molecule has 2 aromatic carbocycles. The Labute approximate surface area is 128 Å². The van der Waals surface area contributed by atoms with Gasteiger partial charge in [-0.3, -0.25) is 0 Å². The Morgan fingerprint density at radius 2 is 1.95 bits per heavy atom. The number of hydrogen-bond donors (Lipinski definition) is 1. The van der Waals surface area contributed by atoms with Crippen molar-refractivity contribution < 1.29 is 4.39 Å². The van der Waals surface area contributed by atoms with E-state index in [1.165, 1.54) is 12.1 Å². The van der Waals surface area contributed by atoms with E-state index in [9.17, 15) is 4.39 Å². The van der Waals surface area contributed by atoms with Crippen LogP contribution in [0.25, 0.3) is 0 Å². The summed E-state index contributed by atoms with van der Waals surface area (Å²) in [7, 11) is 0. The summed E-state index contributed by atoms with van der Waals surface area (Å²) in [4.78, 5) is 0. The highest BCUT2D eigenvalue weighted by Gasteiger charge is 2.18. The first-order valence-corrected chi connectivity index (χ1v) is 7.23. The maximum absolute atomic E-state index is 13.6. The minimum Gasteiger partial charge on any atom is -0.306 e. The van der Waals surface area contributed by atoms with E-state index in [4.69, 9.17) is 23.2 Å². The molecular weight excluding hydrogens is 296 g/mol. The third-order valence-electron chi connectivity index (χ3n) is 3.10. The van der Waals surface area contributed by atoms with Gasteiger partial charge in [-0.2, -0.15) is 0 Å². The van der Waals surface area contributed by atoms with Gasteiger partial charge >= 0.3 is 0 Å². The van der Waals surface area contributed by atoms with Crippen molar-refractivity contribution >= 4 is 23.2 Å². The lowest BCUT2D eigenvalue weighted by Gasteiger charge is -2.21. The van der Waals surface area contributed by atoms with Crippen molar-refractivity contribution in [2.45, 2.75) is 19.9 Å². The van der Waals surface area contributed by atoms with Gasteiger partial charge in [-0.05, 0) is 48.4 Å². The quantitative estimate of drug-likeness (QED) is 0.824. The van der Waals surface area contributed by atoms with Gasteiger partial charge < -0.3 is 5.32 Å². The van der Waals surface area contributed by atoms with E-state index in [0.717, 1.165) is 23.2 Å². The fraction of sp³-hybridized carbons (Fsp3) is 0.250. The molecule has 0 bridgehead atoms. The highest BCUT2D eigenvalue weighted by molar-refractivity contribution is 6.42. The van der Waals surface area contributed by atoms with Crippen molar-refractivity contribution in [3.05, 3.63) is 69.0 Å². The van der Waals surface area contributed by atoms with Gasteiger partial charge in [0.25, 0.3) is 0 Å². The molecule has 1 nitrogen and oxygen atoms in total. The molecule has 0 aromatic heterocycles. The van der Waals surface area contributed by atoms with Crippen LogP contribution in [0, 0.1) is 12.7 Å². The van der Waals surface area contributed by atoms with E-state index in [-0.39, 0.29) is 11.9 Å². The molecule has 1 unspecified atom stereocenters. The fourth-order valence-electron chi connectivity index (χ4n) is 2.29. The second kappa shape index (κ2) is 6.57. The second-order valence-corrected chi connectivity index (χ2v) is 5.48. The Hall–Kier alpha value is -1.09. The van der Waals surface area contributed by atoms with E-state index in [1.54, 1.807) is 6.07 Å². The zero-order valence-electron chi connectivity index (χ0n) is 11.4. The lowest BCUT2D eigenvalue weighted by molar-refractivity contribution is 0.602. The Morgan fingerprint density at radius 1 is 1.20 bits per heavy atom. The molecule has 0 aliphatic carbocycles. The van der Waals surface area contributed by atoms with Crippen molar-refractivity contribution in [3.8, 4) is 0 Å². The fourth-order valence-corrected chi connectivity index (χ4v) is 2.70. The Bertz CT molecular complexity index is 593. The molecular formula is C16H16Cl2FN. The lowest BCUT2D eigenvalue weighted by atomic mass is 9.97. The highest BCUT2D eigenvalue weighted by atomic mass is 35.5. The number of hydrogen-bond acceptors (Lipinski definition) is 1. The molecule has 0 aliphatic heterocycles. The molecule has 20 heavy (non-hydrogen) atoms. The van der Waals surface area contributed by atoms with Crippen LogP contribution in [0.4, 0.5) is 4.39 Å². The zero-order chi connectivity index (χ0) is 14.7. The van der Waals surface area contributed by atoms with Gasteiger partial charge in [-0.15, -0.1) is 0 Å². The lowest BCUT2D eigenvalue weighted by Crippen LogP contribution is -2.22. The normalized spacial score (nSPS) is 12.4. The third-order valence-corrected chi connectivity index (χ3v) is 3.93.